The Hall–Kier alpha value is -1.10. The Balaban J connectivity index is 0.00000132. The summed E-state index contributed by atoms with van der Waals surface area (Å²) < 4.78 is 0. The molecule has 1 saturated carbocycles. The maximum Gasteiger partial charge on any atom is 0.180 e. The molecule has 1 atom stereocenters. The molecule has 2 N–H and O–H groups in total. The van der Waals surface area contributed by atoms with Crippen LogP contribution in [0.1, 0.15) is 41.3 Å². The molecule has 2 aliphatic carbocycles. The lowest BCUT2D eigenvalue weighted by molar-refractivity contribution is 0.178. The molecule has 112 valence electrons. The first-order chi connectivity index (χ1) is 9.81. The van der Waals surface area contributed by atoms with E-state index in [0.717, 1.165) is 12.6 Å². The molecule has 21 heavy (non-hydrogen) atoms. The second kappa shape index (κ2) is 5.95. The largest absolute Gasteiger partial charge is 0.375 e. The van der Waals surface area contributed by atoms with Crippen LogP contribution in [0.2, 0.25) is 0 Å². The van der Waals surface area contributed by atoms with Gasteiger partial charge in [-0.3, -0.25) is 4.90 Å². The number of rotatable bonds is 4. The van der Waals surface area contributed by atoms with Crippen molar-refractivity contribution in [3.63, 3.8) is 0 Å². The summed E-state index contributed by atoms with van der Waals surface area (Å²) >= 11 is 1.63. The zero-order valence-corrected chi connectivity index (χ0v) is 13.5. The number of nitrogens with zero attached hydrogens (tertiary/aromatic N) is 2. The number of anilines is 1. The van der Waals surface area contributed by atoms with Gasteiger partial charge in [-0.05, 0) is 36.8 Å². The third-order valence-corrected chi connectivity index (χ3v) is 5.24. The van der Waals surface area contributed by atoms with Crippen LogP contribution in [0.15, 0.2) is 30.5 Å². The lowest BCUT2D eigenvalue weighted by Crippen LogP contribution is -2.29. The fraction of sp³-hybridized carbons (Fsp3) is 0.438. The Labute approximate surface area is 135 Å². The summed E-state index contributed by atoms with van der Waals surface area (Å²) in [4.78, 5) is 8.16. The molecule has 2 aliphatic rings. The second-order valence-electron chi connectivity index (χ2n) is 5.82. The normalized spacial score (nSPS) is 20.3. The van der Waals surface area contributed by atoms with E-state index in [4.69, 9.17) is 5.73 Å². The van der Waals surface area contributed by atoms with Gasteiger partial charge in [0, 0.05) is 29.7 Å². The minimum atomic E-state index is 0. The number of thiazole rings is 1. The molecular weight excluding hydrogens is 302 g/mol. The van der Waals surface area contributed by atoms with Crippen LogP contribution in [0.25, 0.3) is 0 Å². The molecule has 0 radical (unpaired) electrons. The van der Waals surface area contributed by atoms with Crippen LogP contribution in [0.4, 0.5) is 5.13 Å². The minimum Gasteiger partial charge on any atom is -0.375 e. The number of halogens is 1. The van der Waals surface area contributed by atoms with Gasteiger partial charge in [0.05, 0.1) is 0 Å². The first-order valence-corrected chi connectivity index (χ1v) is 8.16. The van der Waals surface area contributed by atoms with Crippen LogP contribution >= 0.6 is 23.7 Å². The van der Waals surface area contributed by atoms with Crippen molar-refractivity contribution < 1.29 is 0 Å². The van der Waals surface area contributed by atoms with E-state index in [2.05, 4.69) is 34.1 Å². The molecule has 1 heterocycles. The van der Waals surface area contributed by atoms with Crippen molar-refractivity contribution in [2.24, 2.45) is 0 Å². The van der Waals surface area contributed by atoms with Crippen molar-refractivity contribution in [2.75, 3.05) is 5.73 Å². The van der Waals surface area contributed by atoms with Crippen molar-refractivity contribution in [1.29, 1.82) is 0 Å². The van der Waals surface area contributed by atoms with E-state index in [1.165, 1.54) is 41.7 Å². The van der Waals surface area contributed by atoms with Gasteiger partial charge in [-0.25, -0.2) is 4.98 Å². The molecule has 4 rings (SSSR count). The summed E-state index contributed by atoms with van der Waals surface area (Å²) in [6, 6.07) is 10.3. The van der Waals surface area contributed by atoms with Crippen LogP contribution in [-0.4, -0.2) is 15.9 Å². The summed E-state index contributed by atoms with van der Waals surface area (Å²) in [5.41, 5.74) is 8.84. The highest BCUT2D eigenvalue weighted by atomic mass is 35.5. The van der Waals surface area contributed by atoms with E-state index >= 15 is 0 Å². The van der Waals surface area contributed by atoms with Gasteiger partial charge < -0.3 is 5.73 Å². The standard InChI is InChI=1S/C16H19N3S.ClH/c17-16-18-9-13(20-16)10-19(12-6-7-12)15-8-5-11-3-1-2-4-14(11)15;/h1-4,9,12,15H,5-8,10H2,(H2,17,18);1H. The van der Waals surface area contributed by atoms with Gasteiger partial charge in [0.15, 0.2) is 5.13 Å². The maximum absolute atomic E-state index is 5.76. The van der Waals surface area contributed by atoms with Crippen LogP contribution < -0.4 is 5.73 Å². The molecule has 0 spiro atoms. The monoisotopic (exact) mass is 321 g/mol. The number of benzene rings is 1. The summed E-state index contributed by atoms with van der Waals surface area (Å²) in [6.45, 7) is 0.999. The van der Waals surface area contributed by atoms with Crippen LogP contribution in [0.3, 0.4) is 0 Å². The summed E-state index contributed by atoms with van der Waals surface area (Å²) in [6.07, 6.45) is 7.09. The van der Waals surface area contributed by atoms with Crippen LogP contribution in [0.5, 0.6) is 0 Å². The highest BCUT2D eigenvalue weighted by Crippen LogP contribution is 2.42. The minimum absolute atomic E-state index is 0. The highest BCUT2D eigenvalue weighted by Gasteiger charge is 2.37. The lowest BCUT2D eigenvalue weighted by Gasteiger charge is -2.29. The van der Waals surface area contributed by atoms with E-state index in [1.54, 1.807) is 11.3 Å². The number of aromatic nitrogens is 1. The maximum atomic E-state index is 5.76. The smallest absolute Gasteiger partial charge is 0.180 e. The van der Waals surface area contributed by atoms with Crippen molar-refractivity contribution >= 4 is 28.9 Å². The molecule has 5 heteroatoms. The molecular formula is C16H20ClN3S. The molecule has 1 unspecified atom stereocenters. The zero-order valence-electron chi connectivity index (χ0n) is 11.9. The summed E-state index contributed by atoms with van der Waals surface area (Å²) in [5, 5.41) is 0.683. The number of nitrogens with two attached hydrogens (primary N) is 1. The van der Waals surface area contributed by atoms with Crippen LogP contribution in [-0.2, 0) is 13.0 Å². The molecule has 0 bridgehead atoms. The Kier molecular flexibility index (Phi) is 4.20. The highest BCUT2D eigenvalue weighted by molar-refractivity contribution is 7.15. The SMILES string of the molecule is Cl.Nc1ncc(CN(C2CC2)C2CCc3ccccc32)s1. The van der Waals surface area contributed by atoms with Gasteiger partial charge >= 0.3 is 0 Å². The molecule has 1 aromatic heterocycles. The average Bonchev–Trinajstić information content (AvgIpc) is 3.09. The van der Waals surface area contributed by atoms with Gasteiger partial charge in [0.1, 0.15) is 0 Å². The predicted octanol–water partition coefficient (Wildman–Crippen LogP) is 3.80. The first-order valence-electron chi connectivity index (χ1n) is 7.35. The van der Waals surface area contributed by atoms with Gasteiger partial charge in [-0.2, -0.15) is 0 Å². The number of aryl methyl sites for hydroxylation is 1. The molecule has 2 aromatic rings. The van der Waals surface area contributed by atoms with Gasteiger partial charge in [-0.15, -0.1) is 23.7 Å². The second-order valence-corrected chi connectivity index (χ2v) is 6.97. The predicted molar refractivity (Wildman–Crippen MR) is 89.8 cm³/mol. The summed E-state index contributed by atoms with van der Waals surface area (Å²) in [7, 11) is 0. The van der Waals surface area contributed by atoms with E-state index in [9.17, 15) is 0 Å². The molecule has 0 amide bonds. The van der Waals surface area contributed by atoms with E-state index in [0.29, 0.717) is 11.2 Å². The fourth-order valence-electron chi connectivity index (χ4n) is 3.35. The van der Waals surface area contributed by atoms with Crippen molar-refractivity contribution in [3.8, 4) is 0 Å². The third kappa shape index (κ3) is 2.93. The number of hydrogen-bond acceptors (Lipinski definition) is 4. The Morgan fingerprint density at radius 1 is 1.24 bits per heavy atom. The Bertz CT molecular complexity index is 623. The topological polar surface area (TPSA) is 42.1 Å². The molecule has 1 fully saturated rings. The van der Waals surface area contributed by atoms with Gasteiger partial charge in [-0.1, -0.05) is 24.3 Å². The van der Waals surface area contributed by atoms with Crippen molar-refractivity contribution in [3.05, 3.63) is 46.5 Å². The lowest BCUT2D eigenvalue weighted by atomic mass is 10.1. The van der Waals surface area contributed by atoms with Crippen molar-refractivity contribution in [2.45, 2.75) is 44.3 Å². The van der Waals surface area contributed by atoms with E-state index in [-0.39, 0.29) is 12.4 Å². The number of hydrogen-bond donors (Lipinski definition) is 1. The third-order valence-electron chi connectivity index (χ3n) is 4.43. The van der Waals surface area contributed by atoms with Gasteiger partial charge in [0.25, 0.3) is 0 Å². The quantitative estimate of drug-likeness (QED) is 0.931. The number of nitrogen functional groups attached to an aromatic ring is 1. The Morgan fingerprint density at radius 3 is 2.76 bits per heavy atom. The first kappa shape index (κ1) is 14.8. The fourth-order valence-corrected chi connectivity index (χ4v) is 4.05. The average molecular weight is 322 g/mol. The van der Waals surface area contributed by atoms with Crippen molar-refractivity contribution in [1.82, 2.24) is 9.88 Å². The van der Waals surface area contributed by atoms with E-state index in [1.807, 2.05) is 6.20 Å². The van der Waals surface area contributed by atoms with Crippen LogP contribution in [0, 0.1) is 0 Å². The molecule has 3 nitrogen and oxygen atoms in total. The molecule has 0 saturated heterocycles. The molecule has 0 aliphatic heterocycles. The Morgan fingerprint density at radius 2 is 2.05 bits per heavy atom. The number of fused-ring (bicyclic) bond motifs is 1. The summed E-state index contributed by atoms with van der Waals surface area (Å²) in [5.74, 6) is 0. The zero-order chi connectivity index (χ0) is 13.5. The van der Waals surface area contributed by atoms with E-state index < -0.39 is 0 Å². The molecule has 1 aromatic carbocycles. The van der Waals surface area contributed by atoms with Gasteiger partial charge in [0.2, 0.25) is 0 Å².